The number of nitrogens with one attached hydrogen (secondary N) is 2. The minimum Gasteiger partial charge on any atom is -0.453 e. The average molecular weight is 297 g/mol. The first-order valence-corrected chi connectivity index (χ1v) is 8.08. The summed E-state index contributed by atoms with van der Waals surface area (Å²) in [6, 6.07) is -0.153. The molecule has 110 valence electrons. The fourth-order valence-electron chi connectivity index (χ4n) is 3.18. The van der Waals surface area contributed by atoms with Crippen LogP contribution in [0.3, 0.4) is 0 Å². The molecule has 8 heteroatoms. The van der Waals surface area contributed by atoms with Gasteiger partial charge in [0.15, 0.2) is 0 Å². The molecule has 2 N–H and O–H groups in total. The molecule has 0 bridgehead atoms. The number of thioether (sulfide) groups is 1. The Balaban J connectivity index is 1.43. The number of aromatic nitrogens is 4. The molecule has 1 aromatic rings. The third kappa shape index (κ3) is 3.29. The summed E-state index contributed by atoms with van der Waals surface area (Å²) in [4.78, 5) is 12.0. The maximum atomic E-state index is 12.0. The lowest BCUT2D eigenvalue weighted by Crippen LogP contribution is -2.49. The number of aromatic amines is 1. The molecule has 1 saturated carbocycles. The SMILES string of the molecule is O=C(OCSc1nn[nH]n1)C1CC2CCCCC2CN1. The molecule has 1 aliphatic heterocycles. The maximum Gasteiger partial charge on any atom is 0.323 e. The number of piperidine rings is 1. The number of rotatable bonds is 4. The van der Waals surface area contributed by atoms with Crippen molar-refractivity contribution in [2.45, 2.75) is 43.3 Å². The van der Waals surface area contributed by atoms with Gasteiger partial charge in [-0.1, -0.05) is 19.3 Å². The Morgan fingerprint density at radius 3 is 3.00 bits per heavy atom. The summed E-state index contributed by atoms with van der Waals surface area (Å²) >= 11 is 1.26. The van der Waals surface area contributed by atoms with Crippen molar-refractivity contribution in [3.8, 4) is 0 Å². The van der Waals surface area contributed by atoms with Crippen molar-refractivity contribution >= 4 is 17.7 Å². The lowest BCUT2D eigenvalue weighted by Gasteiger charge is -2.39. The highest BCUT2D eigenvalue weighted by Gasteiger charge is 2.35. The molecule has 0 amide bonds. The van der Waals surface area contributed by atoms with E-state index in [1.54, 1.807) is 0 Å². The Hall–Kier alpha value is -1.15. The van der Waals surface area contributed by atoms with E-state index in [2.05, 4.69) is 25.9 Å². The zero-order valence-corrected chi connectivity index (χ0v) is 12.1. The molecule has 1 aliphatic carbocycles. The van der Waals surface area contributed by atoms with E-state index < -0.39 is 0 Å². The molecule has 0 aromatic carbocycles. The van der Waals surface area contributed by atoms with Crippen LogP contribution in [0.15, 0.2) is 5.16 Å². The van der Waals surface area contributed by atoms with Gasteiger partial charge >= 0.3 is 5.97 Å². The monoisotopic (exact) mass is 297 g/mol. The molecule has 2 heterocycles. The molecule has 2 aliphatic rings. The fourth-order valence-corrected chi connectivity index (χ4v) is 3.66. The van der Waals surface area contributed by atoms with Gasteiger partial charge in [-0.15, -0.1) is 10.2 Å². The van der Waals surface area contributed by atoms with Crippen LogP contribution in [0.1, 0.15) is 32.1 Å². The van der Waals surface area contributed by atoms with E-state index in [0.29, 0.717) is 11.1 Å². The summed E-state index contributed by atoms with van der Waals surface area (Å²) in [6.07, 6.45) is 6.10. The van der Waals surface area contributed by atoms with Crippen molar-refractivity contribution < 1.29 is 9.53 Å². The highest BCUT2D eigenvalue weighted by Crippen LogP contribution is 2.35. The second-order valence-corrected chi connectivity index (χ2v) is 6.31. The predicted molar refractivity (Wildman–Crippen MR) is 72.8 cm³/mol. The van der Waals surface area contributed by atoms with E-state index in [1.807, 2.05) is 0 Å². The number of fused-ring (bicyclic) bond motifs is 1. The van der Waals surface area contributed by atoms with Crippen molar-refractivity contribution in [1.82, 2.24) is 25.9 Å². The van der Waals surface area contributed by atoms with Crippen LogP contribution in [0.4, 0.5) is 0 Å². The molecule has 20 heavy (non-hydrogen) atoms. The molecular weight excluding hydrogens is 278 g/mol. The maximum absolute atomic E-state index is 12.0. The lowest BCUT2D eigenvalue weighted by molar-refractivity contribution is -0.145. The number of esters is 1. The standard InChI is InChI=1S/C12H19N5O2S/c18-11(19-7-20-12-14-16-17-15-12)10-5-8-3-1-2-4-9(8)6-13-10/h8-10,13H,1-7H2,(H,14,15,16,17). The van der Waals surface area contributed by atoms with E-state index in [9.17, 15) is 4.79 Å². The van der Waals surface area contributed by atoms with E-state index in [0.717, 1.165) is 18.9 Å². The van der Waals surface area contributed by atoms with Gasteiger partial charge in [0, 0.05) is 0 Å². The zero-order chi connectivity index (χ0) is 13.8. The van der Waals surface area contributed by atoms with Crippen LogP contribution in [0.5, 0.6) is 0 Å². The van der Waals surface area contributed by atoms with Crippen LogP contribution in [-0.2, 0) is 9.53 Å². The summed E-state index contributed by atoms with van der Waals surface area (Å²) in [7, 11) is 0. The number of carbonyl (C=O) groups is 1. The van der Waals surface area contributed by atoms with E-state index in [-0.39, 0.29) is 18.0 Å². The van der Waals surface area contributed by atoms with Gasteiger partial charge < -0.3 is 10.1 Å². The largest absolute Gasteiger partial charge is 0.453 e. The van der Waals surface area contributed by atoms with Crippen LogP contribution in [0, 0.1) is 11.8 Å². The van der Waals surface area contributed by atoms with E-state index >= 15 is 0 Å². The van der Waals surface area contributed by atoms with Crippen LogP contribution >= 0.6 is 11.8 Å². The molecule has 1 saturated heterocycles. The van der Waals surface area contributed by atoms with Gasteiger partial charge in [0.1, 0.15) is 12.0 Å². The van der Waals surface area contributed by atoms with Gasteiger partial charge in [-0.2, -0.15) is 5.21 Å². The Morgan fingerprint density at radius 2 is 2.20 bits per heavy atom. The van der Waals surface area contributed by atoms with Crippen molar-refractivity contribution in [3.05, 3.63) is 0 Å². The van der Waals surface area contributed by atoms with Crippen molar-refractivity contribution in [2.75, 3.05) is 12.5 Å². The van der Waals surface area contributed by atoms with Crippen molar-refractivity contribution in [2.24, 2.45) is 11.8 Å². The van der Waals surface area contributed by atoms with E-state index in [4.69, 9.17) is 4.74 Å². The number of nitrogens with zero attached hydrogens (tertiary/aromatic N) is 3. The third-order valence-corrected chi connectivity index (χ3v) is 4.90. The van der Waals surface area contributed by atoms with Gasteiger partial charge in [-0.05, 0) is 48.2 Å². The quantitative estimate of drug-likeness (QED) is 0.486. The number of ether oxygens (including phenoxy) is 1. The number of carbonyl (C=O) groups excluding carboxylic acids is 1. The Morgan fingerprint density at radius 1 is 1.35 bits per heavy atom. The molecule has 3 atom stereocenters. The fraction of sp³-hybridized carbons (Fsp3) is 0.833. The first kappa shape index (κ1) is 13.8. The first-order valence-electron chi connectivity index (χ1n) is 7.09. The lowest BCUT2D eigenvalue weighted by atomic mass is 9.74. The van der Waals surface area contributed by atoms with Gasteiger partial charge in [0.05, 0.1) is 0 Å². The minimum atomic E-state index is -0.162. The van der Waals surface area contributed by atoms with Crippen LogP contribution < -0.4 is 5.32 Å². The Bertz CT molecular complexity index is 441. The first-order chi connectivity index (χ1) is 9.83. The number of hydrogen-bond donors (Lipinski definition) is 2. The van der Waals surface area contributed by atoms with Crippen LogP contribution in [0.2, 0.25) is 0 Å². The molecule has 0 radical (unpaired) electrons. The Labute approximate surface area is 121 Å². The molecule has 2 fully saturated rings. The summed E-state index contributed by atoms with van der Waals surface area (Å²) in [5.41, 5.74) is 0. The highest BCUT2D eigenvalue weighted by atomic mass is 32.2. The smallest absolute Gasteiger partial charge is 0.323 e. The molecule has 0 spiro atoms. The van der Waals surface area contributed by atoms with E-state index in [1.165, 1.54) is 37.4 Å². The molecule has 7 nitrogen and oxygen atoms in total. The minimum absolute atomic E-state index is 0.153. The molecule has 1 aromatic heterocycles. The Kier molecular flexibility index (Phi) is 4.51. The van der Waals surface area contributed by atoms with Crippen LogP contribution in [-0.4, -0.2) is 45.1 Å². The summed E-state index contributed by atoms with van der Waals surface area (Å²) in [6.45, 7) is 0.947. The summed E-state index contributed by atoms with van der Waals surface area (Å²) < 4.78 is 5.27. The molecule has 3 rings (SSSR count). The predicted octanol–water partition coefficient (Wildman–Crippen LogP) is 0.961. The zero-order valence-electron chi connectivity index (χ0n) is 11.2. The summed E-state index contributed by atoms with van der Waals surface area (Å²) in [5.74, 6) is 1.50. The molecular formula is C12H19N5O2S. The summed E-state index contributed by atoms with van der Waals surface area (Å²) in [5, 5.41) is 17.2. The van der Waals surface area contributed by atoms with Crippen molar-refractivity contribution in [3.63, 3.8) is 0 Å². The number of tetrazole rings is 1. The second-order valence-electron chi connectivity index (χ2n) is 5.42. The average Bonchev–Trinajstić information content (AvgIpc) is 3.00. The normalized spacial score (nSPS) is 29.7. The van der Waals surface area contributed by atoms with Gasteiger partial charge in [0.25, 0.3) is 0 Å². The topological polar surface area (TPSA) is 92.8 Å². The highest BCUT2D eigenvalue weighted by molar-refractivity contribution is 7.99. The third-order valence-electron chi connectivity index (χ3n) is 4.23. The van der Waals surface area contributed by atoms with Gasteiger partial charge in [-0.25, -0.2) is 0 Å². The number of hydrogen-bond acceptors (Lipinski definition) is 7. The van der Waals surface area contributed by atoms with Gasteiger partial charge in [0.2, 0.25) is 5.16 Å². The second kappa shape index (κ2) is 6.53. The molecule has 3 unspecified atom stereocenters. The van der Waals surface area contributed by atoms with Crippen molar-refractivity contribution in [1.29, 1.82) is 0 Å². The van der Waals surface area contributed by atoms with Gasteiger partial charge in [-0.3, -0.25) is 4.79 Å². The van der Waals surface area contributed by atoms with Crippen LogP contribution in [0.25, 0.3) is 0 Å². The number of H-pyrrole nitrogens is 1.